The van der Waals surface area contributed by atoms with Gasteiger partial charge < -0.3 is 4.74 Å². The minimum Gasteiger partial charge on any atom is -0.465 e. The van der Waals surface area contributed by atoms with Crippen LogP contribution in [-0.2, 0) is 19.4 Å². The average Bonchev–Trinajstić information content (AvgIpc) is 2.55. The number of carbonyl (C=O) groups excluding carboxylic acids is 2. The summed E-state index contributed by atoms with van der Waals surface area (Å²) < 4.78 is 28.0. The van der Waals surface area contributed by atoms with E-state index < -0.39 is 27.5 Å². The lowest BCUT2D eigenvalue weighted by Crippen LogP contribution is -2.24. The van der Waals surface area contributed by atoms with Crippen molar-refractivity contribution >= 4 is 21.6 Å². The van der Waals surface area contributed by atoms with Crippen LogP contribution in [-0.4, -0.2) is 33.0 Å². The van der Waals surface area contributed by atoms with Gasteiger partial charge in [-0.3, -0.25) is 9.59 Å². The molecule has 2 rings (SSSR count). The van der Waals surface area contributed by atoms with Gasteiger partial charge in [-0.15, -0.1) is 0 Å². The molecular formula is C18H18O5S. The van der Waals surface area contributed by atoms with Crippen molar-refractivity contribution in [1.82, 2.24) is 0 Å². The number of ether oxygens (including phenoxy) is 1. The molecule has 0 amide bonds. The highest BCUT2D eigenvalue weighted by atomic mass is 32.2. The number of benzene rings is 2. The van der Waals surface area contributed by atoms with Gasteiger partial charge in [-0.25, -0.2) is 8.42 Å². The molecule has 2 aromatic carbocycles. The molecule has 0 saturated carbocycles. The fraction of sp³-hybridized carbons (Fsp3) is 0.222. The van der Waals surface area contributed by atoms with Crippen molar-refractivity contribution in [2.45, 2.75) is 17.7 Å². The standard InChI is InChI=1S/C18H18O5S/c1-3-23-18(20)16(13-7-5-4-6-8-13)17(19)14-9-11-15(12-10-14)24(2,21)22/h4-12,16H,3H2,1-2H3. The molecule has 0 N–H and O–H groups in total. The zero-order chi connectivity index (χ0) is 17.7. The summed E-state index contributed by atoms with van der Waals surface area (Å²) in [6, 6.07) is 14.2. The Bertz CT molecular complexity index is 823. The second-order valence-corrected chi connectivity index (χ2v) is 7.27. The monoisotopic (exact) mass is 346 g/mol. The van der Waals surface area contributed by atoms with Crippen LogP contribution < -0.4 is 0 Å². The molecule has 0 spiro atoms. The van der Waals surface area contributed by atoms with Crippen molar-refractivity contribution in [3.8, 4) is 0 Å². The predicted octanol–water partition coefficient (Wildman–Crippen LogP) is 2.62. The Morgan fingerprint density at radius 1 is 1.00 bits per heavy atom. The largest absolute Gasteiger partial charge is 0.465 e. The normalized spacial score (nSPS) is 12.4. The van der Waals surface area contributed by atoms with E-state index >= 15 is 0 Å². The highest BCUT2D eigenvalue weighted by molar-refractivity contribution is 7.90. The number of ketones is 1. The smallest absolute Gasteiger partial charge is 0.321 e. The molecular weight excluding hydrogens is 328 g/mol. The summed E-state index contributed by atoms with van der Waals surface area (Å²) >= 11 is 0. The van der Waals surface area contributed by atoms with Gasteiger partial charge in [0.05, 0.1) is 11.5 Å². The van der Waals surface area contributed by atoms with Crippen molar-refractivity contribution in [3.63, 3.8) is 0 Å². The van der Waals surface area contributed by atoms with Crippen LogP contribution in [0.4, 0.5) is 0 Å². The van der Waals surface area contributed by atoms with E-state index in [0.29, 0.717) is 5.56 Å². The first-order valence-corrected chi connectivity index (χ1v) is 9.29. The fourth-order valence-electron chi connectivity index (χ4n) is 2.30. The number of hydrogen-bond donors (Lipinski definition) is 0. The van der Waals surface area contributed by atoms with Gasteiger partial charge >= 0.3 is 5.97 Å². The second kappa shape index (κ2) is 7.40. The van der Waals surface area contributed by atoms with E-state index in [1.807, 2.05) is 0 Å². The maximum Gasteiger partial charge on any atom is 0.321 e. The van der Waals surface area contributed by atoms with Crippen LogP contribution in [0, 0.1) is 0 Å². The molecule has 5 nitrogen and oxygen atoms in total. The average molecular weight is 346 g/mol. The van der Waals surface area contributed by atoms with Gasteiger partial charge in [0.15, 0.2) is 15.6 Å². The third kappa shape index (κ3) is 4.08. The van der Waals surface area contributed by atoms with E-state index in [0.717, 1.165) is 6.26 Å². The molecule has 0 aliphatic rings. The summed E-state index contributed by atoms with van der Waals surface area (Å²) in [4.78, 5) is 25.1. The lowest BCUT2D eigenvalue weighted by molar-refractivity contribution is -0.143. The van der Waals surface area contributed by atoms with E-state index in [1.54, 1.807) is 37.3 Å². The van der Waals surface area contributed by atoms with Gasteiger partial charge in [0, 0.05) is 11.8 Å². The molecule has 24 heavy (non-hydrogen) atoms. The van der Waals surface area contributed by atoms with Crippen LogP contribution in [0.5, 0.6) is 0 Å². The van der Waals surface area contributed by atoms with E-state index in [-0.39, 0.29) is 17.1 Å². The number of Topliss-reactive ketones (excluding diaryl/α,β-unsaturated/α-hetero) is 1. The molecule has 0 heterocycles. The summed E-state index contributed by atoms with van der Waals surface area (Å²) in [6.45, 7) is 1.84. The van der Waals surface area contributed by atoms with Crippen molar-refractivity contribution in [1.29, 1.82) is 0 Å². The first kappa shape index (κ1) is 17.9. The van der Waals surface area contributed by atoms with Crippen LogP contribution in [0.25, 0.3) is 0 Å². The summed E-state index contributed by atoms with van der Waals surface area (Å²) in [5.74, 6) is -2.13. The molecule has 126 valence electrons. The Morgan fingerprint density at radius 2 is 1.58 bits per heavy atom. The van der Waals surface area contributed by atoms with Gasteiger partial charge in [0.1, 0.15) is 5.92 Å². The van der Waals surface area contributed by atoms with Crippen molar-refractivity contribution in [2.24, 2.45) is 0 Å². The lowest BCUT2D eigenvalue weighted by Gasteiger charge is -2.15. The van der Waals surface area contributed by atoms with E-state index in [1.165, 1.54) is 24.3 Å². The first-order chi connectivity index (χ1) is 11.3. The fourth-order valence-corrected chi connectivity index (χ4v) is 2.93. The van der Waals surface area contributed by atoms with Crippen LogP contribution in [0.1, 0.15) is 28.8 Å². The molecule has 0 aliphatic carbocycles. The molecule has 1 atom stereocenters. The van der Waals surface area contributed by atoms with Gasteiger partial charge in [-0.05, 0) is 24.6 Å². The van der Waals surface area contributed by atoms with Crippen LogP contribution >= 0.6 is 0 Å². The number of hydrogen-bond acceptors (Lipinski definition) is 5. The van der Waals surface area contributed by atoms with Crippen molar-refractivity contribution in [2.75, 3.05) is 12.9 Å². The highest BCUT2D eigenvalue weighted by Crippen LogP contribution is 2.23. The molecule has 0 saturated heterocycles. The Hall–Kier alpha value is -2.47. The zero-order valence-corrected chi connectivity index (χ0v) is 14.2. The summed E-state index contributed by atoms with van der Waals surface area (Å²) in [5.41, 5.74) is 0.789. The lowest BCUT2D eigenvalue weighted by atomic mass is 9.91. The quantitative estimate of drug-likeness (QED) is 0.456. The van der Waals surface area contributed by atoms with E-state index in [4.69, 9.17) is 4.74 Å². The van der Waals surface area contributed by atoms with Gasteiger partial charge in [-0.2, -0.15) is 0 Å². The summed E-state index contributed by atoms with van der Waals surface area (Å²) in [6.07, 6.45) is 1.09. The van der Waals surface area contributed by atoms with Gasteiger partial charge in [0.25, 0.3) is 0 Å². The predicted molar refractivity (Wildman–Crippen MR) is 89.7 cm³/mol. The molecule has 0 fully saturated rings. The Labute approximate surface area is 141 Å². The number of sulfone groups is 1. The van der Waals surface area contributed by atoms with Crippen molar-refractivity contribution in [3.05, 3.63) is 65.7 Å². The van der Waals surface area contributed by atoms with Crippen LogP contribution in [0.3, 0.4) is 0 Å². The third-order valence-electron chi connectivity index (χ3n) is 3.48. The van der Waals surface area contributed by atoms with Crippen LogP contribution in [0.2, 0.25) is 0 Å². The molecule has 0 radical (unpaired) electrons. The minimum atomic E-state index is -3.35. The molecule has 0 aromatic heterocycles. The number of carbonyl (C=O) groups is 2. The maximum atomic E-state index is 12.8. The van der Waals surface area contributed by atoms with E-state index in [9.17, 15) is 18.0 Å². The van der Waals surface area contributed by atoms with Crippen LogP contribution in [0.15, 0.2) is 59.5 Å². The SMILES string of the molecule is CCOC(=O)C(C(=O)c1ccc(S(C)(=O)=O)cc1)c1ccccc1. The maximum absolute atomic E-state index is 12.8. The van der Waals surface area contributed by atoms with E-state index in [2.05, 4.69) is 0 Å². The topological polar surface area (TPSA) is 77.5 Å². The molecule has 1 unspecified atom stereocenters. The summed E-state index contributed by atoms with van der Waals surface area (Å²) in [7, 11) is -3.35. The zero-order valence-electron chi connectivity index (χ0n) is 13.4. The third-order valence-corrected chi connectivity index (χ3v) is 4.61. The Kier molecular flexibility index (Phi) is 5.51. The Balaban J connectivity index is 2.39. The van der Waals surface area contributed by atoms with Gasteiger partial charge in [-0.1, -0.05) is 42.5 Å². The van der Waals surface area contributed by atoms with Gasteiger partial charge in [0.2, 0.25) is 0 Å². The number of esters is 1. The first-order valence-electron chi connectivity index (χ1n) is 7.40. The Morgan fingerprint density at radius 3 is 2.08 bits per heavy atom. The van der Waals surface area contributed by atoms with Crippen molar-refractivity contribution < 1.29 is 22.7 Å². The second-order valence-electron chi connectivity index (χ2n) is 5.26. The molecule has 2 aromatic rings. The number of rotatable bonds is 6. The highest BCUT2D eigenvalue weighted by Gasteiger charge is 2.30. The minimum absolute atomic E-state index is 0.117. The molecule has 0 bridgehead atoms. The summed E-state index contributed by atoms with van der Waals surface area (Å²) in [5, 5.41) is 0. The molecule has 0 aliphatic heterocycles. The molecule has 6 heteroatoms.